The molecule has 0 heterocycles. The van der Waals surface area contributed by atoms with Crippen LogP contribution in [-0.2, 0) is 13.1 Å². The molecule has 29 heavy (non-hydrogen) atoms. The van der Waals surface area contributed by atoms with Gasteiger partial charge >= 0.3 is 6.03 Å². The fourth-order valence-electron chi connectivity index (χ4n) is 3.07. The number of hydrogen-bond donors (Lipinski definition) is 3. The van der Waals surface area contributed by atoms with Crippen LogP contribution in [0.2, 0.25) is 0 Å². The highest BCUT2D eigenvalue weighted by Gasteiger charge is 2.22. The second kappa shape index (κ2) is 10.1. The van der Waals surface area contributed by atoms with Gasteiger partial charge in [0.05, 0.1) is 0 Å². The largest absolute Gasteiger partial charge is 0.351 e. The lowest BCUT2D eigenvalue weighted by Crippen LogP contribution is -2.34. The molecule has 0 bridgehead atoms. The van der Waals surface area contributed by atoms with E-state index in [1.165, 1.54) is 18.4 Å². The fraction of sp³-hybridized carbons (Fsp3) is 0.391. The number of rotatable bonds is 9. The number of carbonyl (C=O) groups excluding carboxylic acids is 2. The molecular weight excluding hydrogens is 364 g/mol. The summed E-state index contributed by atoms with van der Waals surface area (Å²) in [5.74, 6) is 0.638. The average molecular weight is 395 g/mol. The smallest absolute Gasteiger partial charge is 0.315 e. The Kier molecular flexibility index (Phi) is 7.25. The molecule has 0 aliphatic heterocycles. The number of nitrogens with zero attached hydrogens (tertiary/aromatic N) is 1. The summed E-state index contributed by atoms with van der Waals surface area (Å²) in [6, 6.07) is 15.5. The van der Waals surface area contributed by atoms with Gasteiger partial charge in [0.15, 0.2) is 0 Å². The molecule has 1 aliphatic rings. The number of hydrogen-bond acceptors (Lipinski definition) is 3. The molecule has 0 atom stereocenters. The van der Waals surface area contributed by atoms with Gasteiger partial charge < -0.3 is 20.9 Å². The first-order chi connectivity index (χ1) is 14.0. The lowest BCUT2D eigenvalue weighted by molar-refractivity contribution is 0.0951. The van der Waals surface area contributed by atoms with E-state index in [9.17, 15) is 9.59 Å². The molecular formula is C23H30N4O2. The van der Waals surface area contributed by atoms with Crippen LogP contribution in [0.3, 0.4) is 0 Å². The molecule has 1 aliphatic carbocycles. The van der Waals surface area contributed by atoms with E-state index in [1.807, 2.05) is 37.2 Å². The van der Waals surface area contributed by atoms with Gasteiger partial charge in [-0.05, 0) is 61.7 Å². The Balaban J connectivity index is 1.41. The molecule has 0 radical (unpaired) electrons. The van der Waals surface area contributed by atoms with Crippen LogP contribution in [0, 0.1) is 0 Å². The van der Waals surface area contributed by atoms with Gasteiger partial charge in [0.25, 0.3) is 5.91 Å². The van der Waals surface area contributed by atoms with Crippen molar-refractivity contribution in [3.63, 3.8) is 0 Å². The Hall–Kier alpha value is -2.86. The van der Waals surface area contributed by atoms with E-state index in [0.717, 1.165) is 23.6 Å². The van der Waals surface area contributed by atoms with Gasteiger partial charge in [-0.3, -0.25) is 4.79 Å². The van der Waals surface area contributed by atoms with Crippen LogP contribution >= 0.6 is 0 Å². The Bertz CT molecular complexity index is 829. The number of carbonyl (C=O) groups is 2. The molecule has 0 spiro atoms. The number of likely N-dealkylation sites (N-methyl/N-ethyl adjacent to an activating group) is 1. The van der Waals surface area contributed by atoms with E-state index in [0.29, 0.717) is 25.2 Å². The standard InChI is InChI=1S/C23H30N4O2/c1-27(2)13-12-24-22(28)21-5-3-4-18(14-21)16-26-23(29)25-15-17-6-8-19(9-7-17)20-10-11-20/h3-9,14,20H,10-13,15-16H2,1-2H3,(H,24,28)(H2,25,26,29). The highest BCUT2D eigenvalue weighted by molar-refractivity contribution is 5.94. The second-order valence-electron chi connectivity index (χ2n) is 7.81. The predicted octanol–water partition coefficient (Wildman–Crippen LogP) is 2.85. The number of amides is 3. The summed E-state index contributed by atoms with van der Waals surface area (Å²) >= 11 is 0. The summed E-state index contributed by atoms with van der Waals surface area (Å²) in [5, 5.41) is 8.62. The van der Waals surface area contributed by atoms with Crippen molar-refractivity contribution < 1.29 is 9.59 Å². The third-order valence-corrected chi connectivity index (χ3v) is 4.97. The summed E-state index contributed by atoms with van der Waals surface area (Å²) in [7, 11) is 3.93. The molecule has 6 nitrogen and oxygen atoms in total. The summed E-state index contributed by atoms with van der Waals surface area (Å²) in [4.78, 5) is 26.3. The first-order valence-electron chi connectivity index (χ1n) is 10.1. The van der Waals surface area contributed by atoms with E-state index < -0.39 is 0 Å². The summed E-state index contributed by atoms with van der Waals surface area (Å²) in [6.45, 7) is 2.24. The molecule has 0 unspecified atom stereocenters. The highest BCUT2D eigenvalue weighted by atomic mass is 16.2. The van der Waals surface area contributed by atoms with Crippen molar-refractivity contribution in [3.8, 4) is 0 Å². The van der Waals surface area contributed by atoms with E-state index in [1.54, 1.807) is 6.07 Å². The SMILES string of the molecule is CN(C)CCNC(=O)c1cccc(CNC(=O)NCc2ccc(C3CC3)cc2)c1. The van der Waals surface area contributed by atoms with Gasteiger partial charge in [-0.25, -0.2) is 4.79 Å². The van der Waals surface area contributed by atoms with Crippen LogP contribution in [0.15, 0.2) is 48.5 Å². The maximum Gasteiger partial charge on any atom is 0.315 e. The van der Waals surface area contributed by atoms with Crippen molar-refractivity contribution in [3.05, 3.63) is 70.8 Å². The predicted molar refractivity (Wildman–Crippen MR) is 115 cm³/mol. The summed E-state index contributed by atoms with van der Waals surface area (Å²) < 4.78 is 0. The number of nitrogens with one attached hydrogen (secondary N) is 3. The first-order valence-corrected chi connectivity index (χ1v) is 10.1. The van der Waals surface area contributed by atoms with E-state index in [4.69, 9.17) is 0 Å². The molecule has 0 aromatic heterocycles. The van der Waals surface area contributed by atoms with Gasteiger partial charge in [-0.1, -0.05) is 36.4 Å². The highest BCUT2D eigenvalue weighted by Crippen LogP contribution is 2.39. The van der Waals surface area contributed by atoms with Crippen LogP contribution in [-0.4, -0.2) is 44.0 Å². The quantitative estimate of drug-likeness (QED) is 0.612. The molecule has 154 valence electrons. The Morgan fingerprint density at radius 3 is 2.28 bits per heavy atom. The maximum atomic E-state index is 12.2. The lowest BCUT2D eigenvalue weighted by atomic mass is 10.1. The Labute approximate surface area is 172 Å². The maximum absolute atomic E-state index is 12.2. The molecule has 2 aromatic carbocycles. The van der Waals surface area contributed by atoms with Crippen LogP contribution in [0.4, 0.5) is 4.79 Å². The zero-order chi connectivity index (χ0) is 20.6. The summed E-state index contributed by atoms with van der Waals surface area (Å²) in [5.41, 5.74) is 3.96. The van der Waals surface area contributed by atoms with E-state index in [-0.39, 0.29) is 11.9 Å². The molecule has 1 saturated carbocycles. The second-order valence-corrected chi connectivity index (χ2v) is 7.81. The first kappa shape index (κ1) is 20.9. The molecule has 6 heteroatoms. The van der Waals surface area contributed by atoms with Crippen LogP contribution in [0.1, 0.15) is 45.8 Å². The number of benzene rings is 2. The lowest BCUT2D eigenvalue weighted by Gasteiger charge is -2.11. The van der Waals surface area contributed by atoms with Crippen LogP contribution in [0.5, 0.6) is 0 Å². The van der Waals surface area contributed by atoms with Gasteiger partial charge in [-0.15, -0.1) is 0 Å². The minimum absolute atomic E-state index is 0.104. The zero-order valence-corrected chi connectivity index (χ0v) is 17.2. The normalized spacial score (nSPS) is 13.2. The molecule has 2 aromatic rings. The van der Waals surface area contributed by atoms with E-state index >= 15 is 0 Å². The van der Waals surface area contributed by atoms with Crippen LogP contribution < -0.4 is 16.0 Å². The third-order valence-electron chi connectivity index (χ3n) is 4.97. The third kappa shape index (κ3) is 6.91. The molecule has 3 rings (SSSR count). The molecule has 3 amide bonds. The monoisotopic (exact) mass is 394 g/mol. The topological polar surface area (TPSA) is 73.5 Å². The molecule has 1 fully saturated rings. The van der Waals surface area contributed by atoms with Gasteiger partial charge in [-0.2, -0.15) is 0 Å². The van der Waals surface area contributed by atoms with Crippen molar-refractivity contribution in [2.75, 3.05) is 27.2 Å². The zero-order valence-electron chi connectivity index (χ0n) is 17.2. The van der Waals surface area contributed by atoms with Crippen LogP contribution in [0.25, 0.3) is 0 Å². The van der Waals surface area contributed by atoms with Gasteiger partial charge in [0.2, 0.25) is 0 Å². The minimum Gasteiger partial charge on any atom is -0.351 e. The minimum atomic E-state index is -0.225. The van der Waals surface area contributed by atoms with E-state index in [2.05, 4.69) is 40.2 Å². The molecule has 0 saturated heterocycles. The van der Waals surface area contributed by atoms with Crippen molar-refractivity contribution in [2.24, 2.45) is 0 Å². The van der Waals surface area contributed by atoms with Crippen molar-refractivity contribution >= 4 is 11.9 Å². The molecule has 3 N–H and O–H groups in total. The Morgan fingerprint density at radius 1 is 0.931 bits per heavy atom. The number of urea groups is 1. The van der Waals surface area contributed by atoms with Crippen molar-refractivity contribution in [1.82, 2.24) is 20.9 Å². The van der Waals surface area contributed by atoms with Gasteiger partial charge in [0, 0.05) is 31.7 Å². The van der Waals surface area contributed by atoms with Gasteiger partial charge in [0.1, 0.15) is 0 Å². The fourth-order valence-corrected chi connectivity index (χ4v) is 3.07. The summed E-state index contributed by atoms with van der Waals surface area (Å²) in [6.07, 6.45) is 2.58. The van der Waals surface area contributed by atoms with Crippen molar-refractivity contribution in [1.29, 1.82) is 0 Å². The Morgan fingerprint density at radius 2 is 1.62 bits per heavy atom. The average Bonchev–Trinajstić information content (AvgIpc) is 3.56. The van der Waals surface area contributed by atoms with Crippen molar-refractivity contribution in [2.45, 2.75) is 31.8 Å².